The van der Waals surface area contributed by atoms with Gasteiger partial charge in [-0.3, -0.25) is 0 Å². The molecule has 72 valence electrons. The summed E-state index contributed by atoms with van der Waals surface area (Å²) in [6.45, 7) is 8.44. The van der Waals surface area contributed by atoms with Gasteiger partial charge in [0.1, 0.15) is 0 Å². The van der Waals surface area contributed by atoms with E-state index in [0.29, 0.717) is 12.2 Å². The first kappa shape index (κ1) is 10.0. The molecule has 12 heavy (non-hydrogen) atoms. The molecule has 0 aromatic carbocycles. The van der Waals surface area contributed by atoms with Crippen LogP contribution in [0.15, 0.2) is 0 Å². The van der Waals surface area contributed by atoms with Crippen LogP contribution in [0.3, 0.4) is 0 Å². The Morgan fingerprint density at radius 3 is 1.67 bits per heavy atom. The number of rotatable bonds is 3. The minimum Gasteiger partial charge on any atom is -0.344 e. The molecule has 0 bridgehead atoms. The lowest BCUT2D eigenvalue weighted by Crippen LogP contribution is -2.25. The van der Waals surface area contributed by atoms with E-state index in [4.69, 9.17) is 9.47 Å². The summed E-state index contributed by atoms with van der Waals surface area (Å²) < 4.78 is 11.7. The number of hydrogen-bond donors (Lipinski definition) is 0. The molecule has 0 spiro atoms. The van der Waals surface area contributed by atoms with Crippen LogP contribution < -0.4 is 0 Å². The van der Waals surface area contributed by atoms with Gasteiger partial charge in [0.15, 0.2) is 5.79 Å². The molecule has 0 aliphatic carbocycles. The van der Waals surface area contributed by atoms with Crippen LogP contribution in [-0.4, -0.2) is 18.0 Å². The molecule has 0 radical (unpaired) electrons. The van der Waals surface area contributed by atoms with E-state index in [1.807, 2.05) is 6.92 Å². The van der Waals surface area contributed by atoms with Crippen LogP contribution >= 0.6 is 0 Å². The molecule has 1 fully saturated rings. The summed E-state index contributed by atoms with van der Waals surface area (Å²) in [5, 5.41) is 0. The minimum atomic E-state index is -0.318. The summed E-state index contributed by atoms with van der Waals surface area (Å²) >= 11 is 0. The molecule has 2 atom stereocenters. The van der Waals surface area contributed by atoms with Crippen molar-refractivity contribution in [2.45, 2.75) is 65.0 Å². The fourth-order valence-electron chi connectivity index (χ4n) is 1.68. The van der Waals surface area contributed by atoms with Crippen molar-refractivity contribution < 1.29 is 9.47 Å². The zero-order valence-corrected chi connectivity index (χ0v) is 8.59. The Morgan fingerprint density at radius 2 is 1.42 bits per heavy atom. The van der Waals surface area contributed by atoms with Gasteiger partial charge in [-0.15, -0.1) is 0 Å². The number of hydrogen-bond acceptors (Lipinski definition) is 2. The van der Waals surface area contributed by atoms with Crippen molar-refractivity contribution in [1.82, 2.24) is 0 Å². The van der Waals surface area contributed by atoms with Gasteiger partial charge in [0.05, 0.1) is 12.2 Å². The number of ether oxygens (including phenoxy) is 2. The van der Waals surface area contributed by atoms with Gasteiger partial charge in [-0.25, -0.2) is 0 Å². The predicted octanol–water partition coefficient (Wildman–Crippen LogP) is 2.72. The standard InChI is InChI=1S/C10H20O2/c1-5-8-9(6-2)12-10(4,7-3)11-8/h8-9H,5-7H2,1-4H3. The quantitative estimate of drug-likeness (QED) is 0.651. The van der Waals surface area contributed by atoms with E-state index >= 15 is 0 Å². The second-order valence-corrected chi connectivity index (χ2v) is 3.62. The molecule has 2 heteroatoms. The smallest absolute Gasteiger partial charge is 0.166 e. The van der Waals surface area contributed by atoms with Crippen LogP contribution in [0.4, 0.5) is 0 Å². The summed E-state index contributed by atoms with van der Waals surface area (Å²) in [6.07, 6.45) is 3.64. The zero-order chi connectivity index (χ0) is 9.19. The molecule has 0 amide bonds. The van der Waals surface area contributed by atoms with Crippen molar-refractivity contribution in [2.24, 2.45) is 0 Å². The highest BCUT2D eigenvalue weighted by Gasteiger charge is 2.41. The molecule has 2 unspecified atom stereocenters. The summed E-state index contributed by atoms with van der Waals surface area (Å²) in [6, 6.07) is 0. The SMILES string of the molecule is CCC1OC(C)(CC)OC1CC. The van der Waals surface area contributed by atoms with Gasteiger partial charge in [-0.1, -0.05) is 20.8 Å². The largest absolute Gasteiger partial charge is 0.344 e. The highest BCUT2D eigenvalue weighted by molar-refractivity contribution is 4.81. The van der Waals surface area contributed by atoms with Crippen molar-refractivity contribution in [3.8, 4) is 0 Å². The van der Waals surface area contributed by atoms with Crippen LogP contribution in [0.1, 0.15) is 47.0 Å². The van der Waals surface area contributed by atoms with E-state index in [-0.39, 0.29) is 5.79 Å². The highest BCUT2D eigenvalue weighted by Crippen LogP contribution is 2.33. The second-order valence-electron chi connectivity index (χ2n) is 3.62. The molecule has 1 heterocycles. The lowest BCUT2D eigenvalue weighted by atomic mass is 10.1. The van der Waals surface area contributed by atoms with Gasteiger partial charge in [0.2, 0.25) is 0 Å². The predicted molar refractivity (Wildman–Crippen MR) is 49.0 cm³/mol. The lowest BCUT2D eigenvalue weighted by Gasteiger charge is -2.20. The van der Waals surface area contributed by atoms with Crippen molar-refractivity contribution in [3.05, 3.63) is 0 Å². The lowest BCUT2D eigenvalue weighted by molar-refractivity contribution is -0.163. The molecule has 0 aromatic heterocycles. The first-order valence-electron chi connectivity index (χ1n) is 5.00. The van der Waals surface area contributed by atoms with Crippen LogP contribution in [0.2, 0.25) is 0 Å². The third-order valence-corrected chi connectivity index (χ3v) is 2.66. The summed E-state index contributed by atoms with van der Waals surface area (Å²) in [5.41, 5.74) is 0. The maximum absolute atomic E-state index is 5.83. The summed E-state index contributed by atoms with van der Waals surface area (Å²) in [5.74, 6) is -0.318. The van der Waals surface area contributed by atoms with Crippen LogP contribution in [0, 0.1) is 0 Å². The molecule has 0 N–H and O–H groups in total. The van der Waals surface area contributed by atoms with Gasteiger partial charge in [-0.2, -0.15) is 0 Å². The Kier molecular flexibility index (Phi) is 3.13. The maximum atomic E-state index is 5.83. The minimum absolute atomic E-state index is 0.306. The summed E-state index contributed by atoms with van der Waals surface area (Å²) in [4.78, 5) is 0. The van der Waals surface area contributed by atoms with E-state index in [9.17, 15) is 0 Å². The molecule has 1 aliphatic heterocycles. The first-order valence-corrected chi connectivity index (χ1v) is 5.00. The average Bonchev–Trinajstić information content (AvgIpc) is 2.43. The van der Waals surface area contributed by atoms with Gasteiger partial charge in [0.25, 0.3) is 0 Å². The van der Waals surface area contributed by atoms with Crippen LogP contribution in [-0.2, 0) is 9.47 Å². The Labute approximate surface area is 75.2 Å². The van der Waals surface area contributed by atoms with E-state index in [1.165, 1.54) is 0 Å². The van der Waals surface area contributed by atoms with Gasteiger partial charge in [0, 0.05) is 0 Å². The van der Waals surface area contributed by atoms with E-state index in [2.05, 4.69) is 20.8 Å². The third kappa shape index (κ3) is 1.80. The third-order valence-electron chi connectivity index (χ3n) is 2.66. The zero-order valence-electron chi connectivity index (χ0n) is 8.59. The van der Waals surface area contributed by atoms with Gasteiger partial charge < -0.3 is 9.47 Å². The van der Waals surface area contributed by atoms with Gasteiger partial charge >= 0.3 is 0 Å². The fraction of sp³-hybridized carbons (Fsp3) is 1.00. The molecular formula is C10H20O2. The average molecular weight is 172 g/mol. The Bertz CT molecular complexity index is 133. The summed E-state index contributed by atoms with van der Waals surface area (Å²) in [7, 11) is 0. The second kappa shape index (κ2) is 3.75. The van der Waals surface area contributed by atoms with E-state index in [0.717, 1.165) is 19.3 Å². The van der Waals surface area contributed by atoms with Crippen LogP contribution in [0.5, 0.6) is 0 Å². The first-order chi connectivity index (χ1) is 5.65. The Balaban J connectivity index is 2.58. The van der Waals surface area contributed by atoms with Crippen molar-refractivity contribution >= 4 is 0 Å². The molecule has 2 nitrogen and oxygen atoms in total. The monoisotopic (exact) mass is 172 g/mol. The van der Waals surface area contributed by atoms with Crippen molar-refractivity contribution in [3.63, 3.8) is 0 Å². The highest BCUT2D eigenvalue weighted by atomic mass is 16.8. The maximum Gasteiger partial charge on any atom is 0.166 e. The van der Waals surface area contributed by atoms with Crippen molar-refractivity contribution in [1.29, 1.82) is 0 Å². The van der Waals surface area contributed by atoms with E-state index < -0.39 is 0 Å². The molecular weight excluding hydrogens is 152 g/mol. The molecule has 1 aliphatic rings. The topological polar surface area (TPSA) is 18.5 Å². The van der Waals surface area contributed by atoms with Crippen molar-refractivity contribution in [2.75, 3.05) is 0 Å². The van der Waals surface area contributed by atoms with Crippen LogP contribution in [0.25, 0.3) is 0 Å². The normalized spacial score (nSPS) is 42.0. The molecule has 0 aromatic rings. The van der Waals surface area contributed by atoms with Gasteiger partial charge in [-0.05, 0) is 26.2 Å². The molecule has 0 saturated carbocycles. The fourth-order valence-corrected chi connectivity index (χ4v) is 1.68. The molecule has 1 rings (SSSR count). The van der Waals surface area contributed by atoms with E-state index in [1.54, 1.807) is 0 Å². The molecule has 1 saturated heterocycles. The Hall–Kier alpha value is -0.0800. The Morgan fingerprint density at radius 1 is 1.00 bits per heavy atom.